The maximum absolute atomic E-state index is 14.1. The number of rotatable bonds is 6. The lowest BCUT2D eigenvalue weighted by atomic mass is 9.97. The van der Waals surface area contributed by atoms with Crippen LogP contribution in [0.4, 0.5) is 18.9 Å². The molecule has 3 atom stereocenters. The minimum Gasteiger partial charge on any atom is -0.389 e. The molecule has 0 radical (unpaired) electrons. The number of alkyl halides is 3. The van der Waals surface area contributed by atoms with Gasteiger partial charge in [0.15, 0.2) is 0 Å². The number of nitrogens with one attached hydrogen (secondary N) is 1. The third-order valence-electron chi connectivity index (χ3n) is 6.86. The van der Waals surface area contributed by atoms with Crippen LogP contribution >= 0.6 is 0 Å². The summed E-state index contributed by atoms with van der Waals surface area (Å²) in [5.41, 5.74) is -1.84. The molecular weight excluding hydrogens is 525 g/mol. The third kappa shape index (κ3) is 6.47. The second kappa shape index (κ2) is 10.9. The van der Waals surface area contributed by atoms with Crippen molar-refractivity contribution in [1.82, 2.24) is 14.5 Å². The Bertz CT molecular complexity index is 1450. The molecule has 1 saturated heterocycles. The van der Waals surface area contributed by atoms with Crippen LogP contribution in [0.2, 0.25) is 0 Å². The molecule has 1 fully saturated rings. The third-order valence-corrected chi connectivity index (χ3v) is 6.86. The second-order valence-electron chi connectivity index (χ2n) is 11.2. The summed E-state index contributed by atoms with van der Waals surface area (Å²) in [5.74, 6) is 0.0721. The number of fused-ring (bicyclic) bond motifs is 1. The maximum atomic E-state index is 14.1. The highest BCUT2D eigenvalue weighted by Gasteiger charge is 2.36. The van der Waals surface area contributed by atoms with Gasteiger partial charge in [0.2, 0.25) is 0 Å². The van der Waals surface area contributed by atoms with Crippen LogP contribution in [0.25, 0.3) is 10.9 Å². The minimum absolute atomic E-state index is 0.0291. The number of benzene rings is 2. The fourth-order valence-electron chi connectivity index (χ4n) is 5.14. The summed E-state index contributed by atoms with van der Waals surface area (Å²) in [6.07, 6.45) is -4.82. The molecule has 40 heavy (non-hydrogen) atoms. The highest BCUT2D eigenvalue weighted by atomic mass is 19.4. The van der Waals surface area contributed by atoms with Crippen LogP contribution in [0.3, 0.4) is 0 Å². The summed E-state index contributed by atoms with van der Waals surface area (Å²) < 4.78 is 49.3. The van der Waals surface area contributed by atoms with E-state index in [0.717, 1.165) is 6.07 Å². The standard InChI is InChI=1S/C29H35F3N4O4/c1-16-13-35(14-17(2)40-16)26(37)20-7-9-21(10-8-20)33-18(3)22-11-23-25(12-24(22)29(30,31)32)34-19(4)36(27(23)38)15-28(5,6)39/h7-12,16-18,33,39H,13-15H2,1-6H3/t16-,17+,18-/m0/s1. The molecule has 216 valence electrons. The van der Waals surface area contributed by atoms with Crippen LogP contribution in [0.1, 0.15) is 68.0 Å². The monoisotopic (exact) mass is 560 g/mol. The average molecular weight is 561 g/mol. The first-order valence-electron chi connectivity index (χ1n) is 13.2. The number of aromatic nitrogens is 2. The highest BCUT2D eigenvalue weighted by molar-refractivity contribution is 5.94. The minimum atomic E-state index is -4.68. The molecule has 1 aliphatic heterocycles. The average Bonchev–Trinajstić information content (AvgIpc) is 2.84. The molecule has 0 spiro atoms. The van der Waals surface area contributed by atoms with Crippen molar-refractivity contribution in [3.05, 3.63) is 69.3 Å². The molecule has 11 heteroatoms. The zero-order chi connectivity index (χ0) is 29.6. The molecule has 2 N–H and O–H groups in total. The van der Waals surface area contributed by atoms with Crippen LogP contribution in [-0.4, -0.2) is 56.4 Å². The predicted molar refractivity (Wildman–Crippen MR) is 146 cm³/mol. The summed E-state index contributed by atoms with van der Waals surface area (Å²) in [6.45, 7) is 10.9. The van der Waals surface area contributed by atoms with Crippen LogP contribution in [-0.2, 0) is 17.5 Å². The van der Waals surface area contributed by atoms with E-state index < -0.39 is 28.9 Å². The first kappa shape index (κ1) is 29.5. The quantitative estimate of drug-likeness (QED) is 0.445. The number of amides is 1. The first-order chi connectivity index (χ1) is 18.5. The van der Waals surface area contributed by atoms with E-state index in [-0.39, 0.29) is 47.0 Å². The second-order valence-corrected chi connectivity index (χ2v) is 11.2. The Labute approximate surface area is 230 Å². The predicted octanol–water partition coefficient (Wildman–Crippen LogP) is 4.92. The number of hydrogen-bond donors (Lipinski definition) is 2. The number of nitrogens with zero attached hydrogens (tertiary/aromatic N) is 3. The molecule has 8 nitrogen and oxygen atoms in total. The van der Waals surface area contributed by atoms with Crippen molar-refractivity contribution in [2.24, 2.45) is 0 Å². The smallest absolute Gasteiger partial charge is 0.389 e. The Morgan fingerprint density at radius 2 is 1.75 bits per heavy atom. The van der Waals surface area contributed by atoms with Gasteiger partial charge >= 0.3 is 6.18 Å². The van der Waals surface area contributed by atoms with Gasteiger partial charge in [-0.1, -0.05) is 0 Å². The van der Waals surface area contributed by atoms with Crippen LogP contribution in [0.5, 0.6) is 0 Å². The number of morpholine rings is 1. The SMILES string of the molecule is Cc1nc2cc(C(F)(F)F)c([C@H](C)Nc3ccc(C(=O)N4C[C@@H](C)O[C@@H](C)C4)cc3)cc2c(=O)n1CC(C)(C)O. The van der Waals surface area contributed by atoms with E-state index in [9.17, 15) is 27.9 Å². The summed E-state index contributed by atoms with van der Waals surface area (Å²) in [6, 6.07) is 7.85. The number of aliphatic hydroxyl groups is 1. The molecule has 0 bridgehead atoms. The number of halogens is 3. The maximum Gasteiger partial charge on any atom is 0.416 e. The molecule has 1 aromatic heterocycles. The van der Waals surface area contributed by atoms with Gasteiger partial charge in [-0.05, 0) is 83.5 Å². The van der Waals surface area contributed by atoms with E-state index in [4.69, 9.17) is 4.74 Å². The van der Waals surface area contributed by atoms with Crippen molar-refractivity contribution < 1.29 is 27.8 Å². The Kier molecular flexibility index (Phi) is 8.01. The van der Waals surface area contributed by atoms with Gasteiger partial charge in [-0.15, -0.1) is 0 Å². The van der Waals surface area contributed by atoms with Crippen molar-refractivity contribution in [3.8, 4) is 0 Å². The lowest BCUT2D eigenvalue weighted by Gasteiger charge is -2.35. The molecule has 0 unspecified atom stereocenters. The fraction of sp³-hybridized carbons (Fsp3) is 0.483. The topological polar surface area (TPSA) is 96.7 Å². The van der Waals surface area contributed by atoms with Crippen LogP contribution < -0.4 is 10.9 Å². The largest absolute Gasteiger partial charge is 0.416 e. The number of carbonyl (C=O) groups is 1. The number of ether oxygens (including phenoxy) is 1. The summed E-state index contributed by atoms with van der Waals surface area (Å²) in [4.78, 5) is 32.2. The zero-order valence-electron chi connectivity index (χ0n) is 23.5. The van der Waals surface area contributed by atoms with Crippen molar-refractivity contribution in [2.75, 3.05) is 18.4 Å². The van der Waals surface area contributed by atoms with E-state index in [1.54, 1.807) is 36.1 Å². The molecule has 2 aromatic carbocycles. The summed E-state index contributed by atoms with van der Waals surface area (Å²) in [7, 11) is 0. The Morgan fingerprint density at radius 3 is 2.30 bits per heavy atom. The summed E-state index contributed by atoms with van der Waals surface area (Å²) in [5, 5.41) is 13.3. The van der Waals surface area contributed by atoms with Gasteiger partial charge in [-0.2, -0.15) is 13.2 Å². The molecular formula is C29H35F3N4O4. The molecule has 0 aliphatic carbocycles. The van der Waals surface area contributed by atoms with Gasteiger partial charge in [0.1, 0.15) is 5.82 Å². The van der Waals surface area contributed by atoms with Gasteiger partial charge < -0.3 is 20.1 Å². The number of anilines is 1. The van der Waals surface area contributed by atoms with E-state index in [0.29, 0.717) is 24.3 Å². The molecule has 1 aliphatic rings. The zero-order valence-corrected chi connectivity index (χ0v) is 23.5. The van der Waals surface area contributed by atoms with Crippen molar-refractivity contribution in [3.63, 3.8) is 0 Å². The molecule has 1 amide bonds. The van der Waals surface area contributed by atoms with Gasteiger partial charge in [0.25, 0.3) is 11.5 Å². The highest BCUT2D eigenvalue weighted by Crippen LogP contribution is 2.37. The lowest BCUT2D eigenvalue weighted by Crippen LogP contribution is -2.48. The summed E-state index contributed by atoms with van der Waals surface area (Å²) >= 11 is 0. The van der Waals surface area contributed by atoms with Crippen molar-refractivity contribution >= 4 is 22.5 Å². The van der Waals surface area contributed by atoms with Gasteiger partial charge in [0, 0.05) is 30.4 Å². The first-order valence-corrected chi connectivity index (χ1v) is 13.2. The van der Waals surface area contributed by atoms with Gasteiger partial charge in [0.05, 0.1) is 40.8 Å². The Hall–Kier alpha value is -3.44. The van der Waals surface area contributed by atoms with Crippen LogP contribution in [0, 0.1) is 6.92 Å². The normalized spacial score (nSPS) is 19.1. The van der Waals surface area contributed by atoms with Gasteiger partial charge in [-0.25, -0.2) is 4.98 Å². The van der Waals surface area contributed by atoms with Gasteiger partial charge in [-0.3, -0.25) is 14.2 Å². The van der Waals surface area contributed by atoms with E-state index in [1.807, 2.05) is 13.8 Å². The molecule has 0 saturated carbocycles. The Balaban J connectivity index is 1.65. The van der Waals surface area contributed by atoms with Crippen molar-refractivity contribution in [2.45, 2.75) is 78.1 Å². The lowest BCUT2D eigenvalue weighted by molar-refractivity contribution is -0.138. The number of carbonyl (C=O) groups excluding carboxylic acids is 1. The van der Waals surface area contributed by atoms with E-state index in [1.165, 1.54) is 31.4 Å². The molecule has 3 aromatic rings. The van der Waals surface area contributed by atoms with E-state index >= 15 is 0 Å². The molecule has 4 rings (SSSR count). The Morgan fingerprint density at radius 1 is 1.15 bits per heavy atom. The molecule has 2 heterocycles. The van der Waals surface area contributed by atoms with Crippen molar-refractivity contribution in [1.29, 1.82) is 0 Å². The number of hydrogen-bond acceptors (Lipinski definition) is 6. The van der Waals surface area contributed by atoms with Crippen LogP contribution in [0.15, 0.2) is 41.2 Å². The van der Waals surface area contributed by atoms with E-state index in [2.05, 4.69) is 10.3 Å². The number of aryl methyl sites for hydroxylation is 1. The fourth-order valence-corrected chi connectivity index (χ4v) is 5.14.